The Morgan fingerprint density at radius 1 is 0.919 bits per heavy atom. The molecule has 4 aromatic rings. The van der Waals surface area contributed by atoms with Gasteiger partial charge in [-0.1, -0.05) is 54.6 Å². The van der Waals surface area contributed by atoms with Crippen LogP contribution in [-0.2, 0) is 13.0 Å². The second kappa shape index (κ2) is 11.0. The van der Waals surface area contributed by atoms with Crippen LogP contribution in [0.3, 0.4) is 0 Å². The summed E-state index contributed by atoms with van der Waals surface area (Å²) in [5.74, 6) is 7.50. The van der Waals surface area contributed by atoms with E-state index < -0.39 is 0 Å². The summed E-state index contributed by atoms with van der Waals surface area (Å²) in [7, 11) is 0. The number of aromatic nitrogens is 3. The summed E-state index contributed by atoms with van der Waals surface area (Å²) >= 11 is 0. The Kier molecular flexibility index (Phi) is 7.23. The molecule has 0 aliphatic heterocycles. The van der Waals surface area contributed by atoms with Gasteiger partial charge in [0.25, 0.3) is 5.91 Å². The summed E-state index contributed by atoms with van der Waals surface area (Å²) in [4.78, 5) is 26.1. The lowest BCUT2D eigenvalue weighted by Crippen LogP contribution is -2.32. The van der Waals surface area contributed by atoms with Crippen molar-refractivity contribution < 1.29 is 9.53 Å². The summed E-state index contributed by atoms with van der Waals surface area (Å²) in [6.07, 6.45) is 2.86. The molecule has 0 spiro atoms. The van der Waals surface area contributed by atoms with Crippen LogP contribution in [0.15, 0.2) is 78.9 Å². The van der Waals surface area contributed by atoms with Gasteiger partial charge in [0.1, 0.15) is 5.82 Å². The topological polar surface area (TPSA) is 132 Å². The number of benzene rings is 3. The van der Waals surface area contributed by atoms with Gasteiger partial charge in [-0.2, -0.15) is 15.0 Å². The van der Waals surface area contributed by atoms with E-state index in [4.69, 9.17) is 16.3 Å². The van der Waals surface area contributed by atoms with Crippen LogP contribution in [-0.4, -0.2) is 27.5 Å². The second-order valence-corrected chi connectivity index (χ2v) is 9.00. The number of hydrazine groups is 1. The number of hydrogen-bond acceptors (Lipinski definition) is 8. The van der Waals surface area contributed by atoms with Gasteiger partial charge in [0.05, 0.1) is 24.5 Å². The van der Waals surface area contributed by atoms with E-state index in [2.05, 4.69) is 32.4 Å². The van der Waals surface area contributed by atoms with E-state index >= 15 is 0 Å². The maximum atomic E-state index is 12.6. The first-order chi connectivity index (χ1) is 18.0. The van der Waals surface area contributed by atoms with E-state index in [-0.39, 0.29) is 11.9 Å². The Balaban J connectivity index is 1.23. The SMILES string of the molecule is Nc1ccccc1NC(=O)c1ccc(CN(N)c2nc(OCCc3ccccc3)nc(C3CC3)n2)cc1. The molecule has 0 atom stereocenters. The largest absolute Gasteiger partial charge is 0.463 e. The highest BCUT2D eigenvalue weighted by Crippen LogP contribution is 2.38. The van der Waals surface area contributed by atoms with Crippen molar-refractivity contribution in [2.24, 2.45) is 5.84 Å². The average Bonchev–Trinajstić information content (AvgIpc) is 3.77. The average molecular weight is 496 g/mol. The Morgan fingerprint density at radius 3 is 2.38 bits per heavy atom. The minimum absolute atomic E-state index is 0.238. The van der Waals surface area contributed by atoms with Crippen molar-refractivity contribution in [3.8, 4) is 6.01 Å². The standard InChI is InChI=1S/C28H29N7O2/c29-23-8-4-5-9-24(23)31-26(36)22-12-10-20(11-13-22)18-35(30)27-32-25(21-14-15-21)33-28(34-27)37-17-16-19-6-2-1-3-7-19/h1-13,21H,14-18,29-30H2,(H,31,36). The molecule has 0 bridgehead atoms. The molecule has 9 nitrogen and oxygen atoms in total. The number of nitrogens with one attached hydrogen (secondary N) is 1. The zero-order valence-corrected chi connectivity index (χ0v) is 20.4. The summed E-state index contributed by atoms with van der Waals surface area (Å²) in [5, 5.41) is 4.30. The Bertz CT molecular complexity index is 1360. The summed E-state index contributed by atoms with van der Waals surface area (Å²) in [6, 6.07) is 24.7. The summed E-state index contributed by atoms with van der Waals surface area (Å²) in [5.41, 5.74) is 9.61. The van der Waals surface area contributed by atoms with Crippen LogP contribution in [0.4, 0.5) is 17.3 Å². The second-order valence-electron chi connectivity index (χ2n) is 9.00. The third kappa shape index (κ3) is 6.39. The van der Waals surface area contributed by atoms with Crippen molar-refractivity contribution in [1.29, 1.82) is 0 Å². The first-order valence-corrected chi connectivity index (χ1v) is 12.2. The van der Waals surface area contributed by atoms with E-state index in [1.165, 1.54) is 10.6 Å². The van der Waals surface area contributed by atoms with Crippen LogP contribution in [0.5, 0.6) is 6.01 Å². The summed E-state index contributed by atoms with van der Waals surface area (Å²) < 4.78 is 5.87. The normalized spacial score (nSPS) is 12.7. The molecule has 37 heavy (non-hydrogen) atoms. The molecule has 0 unspecified atom stereocenters. The predicted octanol–water partition coefficient (Wildman–Crippen LogP) is 4.09. The van der Waals surface area contributed by atoms with Gasteiger partial charge >= 0.3 is 6.01 Å². The minimum Gasteiger partial charge on any atom is -0.463 e. The van der Waals surface area contributed by atoms with Crippen molar-refractivity contribution in [2.45, 2.75) is 31.7 Å². The fourth-order valence-electron chi connectivity index (χ4n) is 3.82. The minimum atomic E-state index is -0.238. The molecule has 1 aliphatic rings. The monoisotopic (exact) mass is 495 g/mol. The van der Waals surface area contributed by atoms with Crippen molar-refractivity contribution in [3.63, 3.8) is 0 Å². The molecule has 1 fully saturated rings. The van der Waals surface area contributed by atoms with E-state index in [0.29, 0.717) is 47.8 Å². The Hall–Kier alpha value is -4.50. The van der Waals surface area contributed by atoms with Gasteiger partial charge < -0.3 is 15.8 Å². The number of para-hydroxylation sites is 2. The molecule has 1 aliphatic carbocycles. The Labute approximate surface area is 215 Å². The van der Waals surface area contributed by atoms with Gasteiger partial charge in [-0.25, -0.2) is 5.84 Å². The highest BCUT2D eigenvalue weighted by Gasteiger charge is 2.28. The van der Waals surface area contributed by atoms with Crippen molar-refractivity contribution in [3.05, 3.63) is 101 Å². The number of nitrogens with zero attached hydrogens (tertiary/aromatic N) is 4. The molecule has 0 radical (unpaired) electrons. The molecule has 1 aromatic heterocycles. The predicted molar refractivity (Wildman–Crippen MR) is 143 cm³/mol. The van der Waals surface area contributed by atoms with Crippen LogP contribution in [0.25, 0.3) is 0 Å². The number of hydrogen-bond donors (Lipinski definition) is 3. The first-order valence-electron chi connectivity index (χ1n) is 12.2. The molecular weight excluding hydrogens is 466 g/mol. The molecule has 1 heterocycles. The number of amides is 1. The molecule has 1 saturated carbocycles. The maximum absolute atomic E-state index is 12.6. The van der Waals surface area contributed by atoms with Gasteiger partial charge in [0.2, 0.25) is 5.95 Å². The third-order valence-corrected chi connectivity index (χ3v) is 6.06. The van der Waals surface area contributed by atoms with Crippen molar-refractivity contribution in [1.82, 2.24) is 15.0 Å². The number of rotatable bonds is 10. The van der Waals surface area contributed by atoms with Gasteiger partial charge in [0, 0.05) is 17.9 Å². The van der Waals surface area contributed by atoms with Gasteiger partial charge in [-0.15, -0.1) is 0 Å². The maximum Gasteiger partial charge on any atom is 0.321 e. The summed E-state index contributed by atoms with van der Waals surface area (Å²) in [6.45, 7) is 0.811. The lowest BCUT2D eigenvalue weighted by molar-refractivity contribution is 0.102. The number of nitrogen functional groups attached to an aromatic ring is 1. The number of ether oxygens (including phenoxy) is 1. The van der Waals surface area contributed by atoms with Crippen molar-refractivity contribution in [2.75, 3.05) is 22.7 Å². The van der Waals surface area contributed by atoms with E-state index in [0.717, 1.165) is 24.8 Å². The Morgan fingerprint density at radius 2 is 1.65 bits per heavy atom. The number of anilines is 3. The zero-order chi connectivity index (χ0) is 25.6. The smallest absolute Gasteiger partial charge is 0.321 e. The highest BCUT2D eigenvalue weighted by molar-refractivity contribution is 6.05. The molecule has 1 amide bonds. The highest BCUT2D eigenvalue weighted by atomic mass is 16.5. The first kappa shape index (κ1) is 24.2. The van der Waals surface area contributed by atoms with Gasteiger partial charge in [-0.05, 0) is 48.2 Å². The van der Waals surface area contributed by atoms with Crippen LogP contribution in [0, 0.1) is 0 Å². The fraction of sp³-hybridized carbons (Fsp3) is 0.214. The third-order valence-electron chi connectivity index (χ3n) is 6.06. The van der Waals surface area contributed by atoms with Crippen LogP contribution >= 0.6 is 0 Å². The van der Waals surface area contributed by atoms with Gasteiger partial charge in [-0.3, -0.25) is 9.80 Å². The van der Waals surface area contributed by atoms with E-state index in [9.17, 15) is 4.79 Å². The van der Waals surface area contributed by atoms with Gasteiger partial charge in [0.15, 0.2) is 0 Å². The zero-order valence-electron chi connectivity index (χ0n) is 20.4. The van der Waals surface area contributed by atoms with Crippen LogP contribution < -0.4 is 26.6 Å². The molecule has 188 valence electrons. The number of carbonyl (C=O) groups excluding carboxylic acids is 1. The molecule has 3 aromatic carbocycles. The number of nitrogens with two attached hydrogens (primary N) is 2. The quantitative estimate of drug-likeness (QED) is 0.170. The molecular formula is C28H29N7O2. The molecule has 5 N–H and O–H groups in total. The lowest BCUT2D eigenvalue weighted by Gasteiger charge is -2.18. The van der Waals surface area contributed by atoms with E-state index in [1.807, 2.05) is 42.5 Å². The number of carbonyl (C=O) groups is 1. The van der Waals surface area contributed by atoms with Crippen LogP contribution in [0.1, 0.15) is 46.1 Å². The molecule has 0 saturated heterocycles. The lowest BCUT2D eigenvalue weighted by atomic mass is 10.1. The van der Waals surface area contributed by atoms with Crippen molar-refractivity contribution >= 4 is 23.2 Å². The van der Waals surface area contributed by atoms with Crippen LogP contribution in [0.2, 0.25) is 0 Å². The fourth-order valence-corrected chi connectivity index (χ4v) is 3.82. The molecule has 5 rings (SSSR count). The molecule has 9 heteroatoms. The van der Waals surface area contributed by atoms with E-state index in [1.54, 1.807) is 24.3 Å².